The van der Waals surface area contributed by atoms with Crippen molar-refractivity contribution >= 4 is 11.4 Å². The molecule has 3 N–H and O–H groups in total. The second-order valence-electron chi connectivity index (χ2n) is 4.15. The first-order chi connectivity index (χ1) is 9.20. The van der Waals surface area contributed by atoms with Crippen LogP contribution in [0.4, 0.5) is 11.4 Å². The van der Waals surface area contributed by atoms with Crippen LogP contribution in [-0.2, 0) is 6.54 Å². The molecule has 0 radical (unpaired) electrons. The molecule has 6 heteroatoms. The van der Waals surface area contributed by atoms with Gasteiger partial charge in [-0.1, -0.05) is 18.1 Å². The molecule has 0 spiro atoms. The Kier molecular flexibility index (Phi) is 4.22. The van der Waals surface area contributed by atoms with Crippen LogP contribution in [0.2, 0.25) is 0 Å². The molecule has 0 saturated carbocycles. The summed E-state index contributed by atoms with van der Waals surface area (Å²) in [4.78, 5) is 4.12. The molecule has 1 aromatic heterocycles. The predicted molar refractivity (Wildman–Crippen MR) is 73.0 cm³/mol. The Morgan fingerprint density at radius 3 is 2.95 bits per heavy atom. The van der Waals surface area contributed by atoms with Gasteiger partial charge in [0.15, 0.2) is 5.82 Å². The highest BCUT2D eigenvalue weighted by Crippen LogP contribution is 2.29. The van der Waals surface area contributed by atoms with Crippen molar-refractivity contribution in [3.8, 4) is 5.75 Å². The quantitative estimate of drug-likeness (QED) is 0.777. The highest BCUT2D eigenvalue weighted by Gasteiger charge is 2.07. The molecule has 1 heterocycles. The molecule has 0 aliphatic rings. The maximum atomic E-state index is 6.04. The summed E-state index contributed by atoms with van der Waals surface area (Å²) in [5.74, 6) is 1.83. The van der Waals surface area contributed by atoms with Crippen LogP contribution >= 0.6 is 0 Å². The Morgan fingerprint density at radius 1 is 1.42 bits per heavy atom. The summed E-state index contributed by atoms with van der Waals surface area (Å²) in [6.07, 6.45) is 0.944. The van der Waals surface area contributed by atoms with Crippen LogP contribution in [0, 0.1) is 6.92 Å². The highest BCUT2D eigenvalue weighted by atomic mass is 16.5. The van der Waals surface area contributed by atoms with Crippen molar-refractivity contribution in [3.05, 3.63) is 29.9 Å². The second-order valence-corrected chi connectivity index (χ2v) is 4.15. The van der Waals surface area contributed by atoms with E-state index >= 15 is 0 Å². The lowest BCUT2D eigenvalue weighted by Gasteiger charge is -2.12. The molecule has 2 rings (SSSR count). The molecule has 0 aliphatic heterocycles. The van der Waals surface area contributed by atoms with Crippen LogP contribution in [-0.4, -0.2) is 16.7 Å². The fourth-order valence-corrected chi connectivity index (χ4v) is 1.62. The first-order valence-corrected chi connectivity index (χ1v) is 6.25. The van der Waals surface area contributed by atoms with E-state index < -0.39 is 0 Å². The van der Waals surface area contributed by atoms with Gasteiger partial charge >= 0.3 is 0 Å². The molecule has 0 fully saturated rings. The van der Waals surface area contributed by atoms with Gasteiger partial charge in [-0.2, -0.15) is 4.98 Å². The van der Waals surface area contributed by atoms with Crippen molar-refractivity contribution in [3.63, 3.8) is 0 Å². The van der Waals surface area contributed by atoms with Crippen molar-refractivity contribution < 1.29 is 9.26 Å². The fraction of sp³-hybridized carbons (Fsp3) is 0.385. The number of anilines is 2. The number of nitrogens with one attached hydrogen (secondary N) is 1. The largest absolute Gasteiger partial charge is 0.491 e. The topological polar surface area (TPSA) is 86.2 Å². The van der Waals surface area contributed by atoms with Gasteiger partial charge in [-0.05, 0) is 18.6 Å². The van der Waals surface area contributed by atoms with Gasteiger partial charge in [0.2, 0.25) is 5.89 Å². The Hall–Kier alpha value is -2.24. The molecule has 102 valence electrons. The zero-order valence-corrected chi connectivity index (χ0v) is 11.1. The Labute approximate surface area is 112 Å². The van der Waals surface area contributed by atoms with Gasteiger partial charge in [0.1, 0.15) is 5.75 Å². The monoisotopic (exact) mass is 262 g/mol. The van der Waals surface area contributed by atoms with Crippen LogP contribution < -0.4 is 15.8 Å². The van der Waals surface area contributed by atoms with Crippen molar-refractivity contribution in [1.29, 1.82) is 0 Å². The van der Waals surface area contributed by atoms with E-state index in [1.54, 1.807) is 6.92 Å². The second kappa shape index (κ2) is 6.08. The lowest BCUT2D eigenvalue weighted by molar-refractivity contribution is 0.319. The fourth-order valence-electron chi connectivity index (χ4n) is 1.62. The first kappa shape index (κ1) is 13.2. The first-order valence-electron chi connectivity index (χ1n) is 6.25. The average molecular weight is 262 g/mol. The summed E-state index contributed by atoms with van der Waals surface area (Å²) >= 11 is 0. The van der Waals surface area contributed by atoms with Crippen molar-refractivity contribution in [2.45, 2.75) is 26.8 Å². The number of para-hydroxylation sites is 1. The minimum atomic E-state index is 0.457. The smallest absolute Gasteiger partial charge is 0.223 e. The zero-order valence-electron chi connectivity index (χ0n) is 11.1. The van der Waals surface area contributed by atoms with E-state index in [4.69, 9.17) is 15.0 Å². The van der Waals surface area contributed by atoms with E-state index in [1.165, 1.54) is 0 Å². The number of nitrogens with zero attached hydrogens (tertiary/aromatic N) is 2. The molecule has 6 nitrogen and oxygen atoms in total. The third-order valence-corrected chi connectivity index (χ3v) is 2.53. The maximum Gasteiger partial charge on any atom is 0.223 e. The van der Waals surface area contributed by atoms with Gasteiger partial charge in [0, 0.05) is 6.92 Å². The number of nitrogens with two attached hydrogens (primary N) is 1. The Morgan fingerprint density at radius 2 is 2.26 bits per heavy atom. The van der Waals surface area contributed by atoms with E-state index in [0.717, 1.165) is 12.1 Å². The highest BCUT2D eigenvalue weighted by molar-refractivity contribution is 5.72. The molecule has 0 saturated heterocycles. The summed E-state index contributed by atoms with van der Waals surface area (Å²) < 4.78 is 10.5. The van der Waals surface area contributed by atoms with E-state index in [2.05, 4.69) is 22.4 Å². The molecule has 0 bridgehead atoms. The SMILES string of the molecule is CCCOc1cccc(NCc2noc(C)n2)c1N. The molecule has 0 unspecified atom stereocenters. The number of hydrogen-bond acceptors (Lipinski definition) is 6. The van der Waals surface area contributed by atoms with Crippen LogP contribution in [0.5, 0.6) is 5.75 Å². The van der Waals surface area contributed by atoms with E-state index in [1.807, 2.05) is 18.2 Å². The van der Waals surface area contributed by atoms with Crippen LogP contribution in [0.15, 0.2) is 22.7 Å². The number of hydrogen-bond donors (Lipinski definition) is 2. The van der Waals surface area contributed by atoms with Gasteiger partial charge in [0.25, 0.3) is 0 Å². The minimum Gasteiger partial charge on any atom is -0.491 e. The normalized spacial score (nSPS) is 10.4. The average Bonchev–Trinajstić information content (AvgIpc) is 2.82. The van der Waals surface area contributed by atoms with Gasteiger partial charge in [-0.15, -0.1) is 0 Å². The standard InChI is InChI=1S/C13H18N4O2/c1-3-7-18-11-6-4-5-10(13(11)14)15-8-12-16-9(2)19-17-12/h4-6,15H,3,7-8,14H2,1-2H3. The molecule has 0 aliphatic carbocycles. The zero-order chi connectivity index (χ0) is 13.7. The number of nitrogen functional groups attached to an aromatic ring is 1. The predicted octanol–water partition coefficient (Wildman–Crippen LogP) is 2.36. The maximum absolute atomic E-state index is 6.04. The molecule has 0 atom stereocenters. The molecule has 1 aromatic carbocycles. The van der Waals surface area contributed by atoms with Crippen molar-refractivity contribution in [2.75, 3.05) is 17.7 Å². The molecule has 2 aromatic rings. The van der Waals surface area contributed by atoms with Crippen LogP contribution in [0.1, 0.15) is 25.1 Å². The van der Waals surface area contributed by atoms with E-state index in [0.29, 0.717) is 36.3 Å². The number of aryl methyl sites for hydroxylation is 1. The van der Waals surface area contributed by atoms with Crippen molar-refractivity contribution in [2.24, 2.45) is 0 Å². The lowest BCUT2D eigenvalue weighted by atomic mass is 10.2. The summed E-state index contributed by atoms with van der Waals surface area (Å²) in [5.41, 5.74) is 7.44. The number of aromatic nitrogens is 2. The van der Waals surface area contributed by atoms with Crippen LogP contribution in [0.3, 0.4) is 0 Å². The molecular weight excluding hydrogens is 244 g/mol. The number of rotatable bonds is 6. The Balaban J connectivity index is 2.03. The van der Waals surface area contributed by atoms with Gasteiger partial charge in [-0.3, -0.25) is 0 Å². The number of ether oxygens (including phenoxy) is 1. The van der Waals surface area contributed by atoms with E-state index in [9.17, 15) is 0 Å². The van der Waals surface area contributed by atoms with E-state index in [-0.39, 0.29) is 0 Å². The molecule has 0 amide bonds. The summed E-state index contributed by atoms with van der Waals surface area (Å²) in [7, 11) is 0. The van der Waals surface area contributed by atoms with Gasteiger partial charge in [-0.25, -0.2) is 0 Å². The Bertz CT molecular complexity index is 539. The molecular formula is C13H18N4O2. The van der Waals surface area contributed by atoms with Gasteiger partial charge in [0.05, 0.1) is 24.5 Å². The minimum absolute atomic E-state index is 0.457. The number of benzene rings is 1. The van der Waals surface area contributed by atoms with Crippen LogP contribution in [0.25, 0.3) is 0 Å². The van der Waals surface area contributed by atoms with Gasteiger partial charge < -0.3 is 20.3 Å². The van der Waals surface area contributed by atoms with Crippen molar-refractivity contribution in [1.82, 2.24) is 10.1 Å². The lowest BCUT2D eigenvalue weighted by Crippen LogP contribution is -2.06. The molecule has 19 heavy (non-hydrogen) atoms. The summed E-state index contributed by atoms with van der Waals surface area (Å²) in [5, 5.41) is 6.98. The third-order valence-electron chi connectivity index (χ3n) is 2.53. The third kappa shape index (κ3) is 3.37. The summed E-state index contributed by atoms with van der Waals surface area (Å²) in [6, 6.07) is 5.64. The summed E-state index contributed by atoms with van der Waals surface area (Å²) in [6.45, 7) is 4.91.